The van der Waals surface area contributed by atoms with E-state index in [0.717, 1.165) is 27.5 Å². The summed E-state index contributed by atoms with van der Waals surface area (Å²) >= 11 is 0. The molecule has 2 atom stereocenters. The molecule has 1 saturated heterocycles. The largest absolute Gasteiger partial charge is 0.451 e. The maximum Gasteiger partial charge on any atom is 0.325 e. The van der Waals surface area contributed by atoms with Crippen molar-refractivity contribution >= 4 is 26.8 Å². The Balaban J connectivity index is 1.34. The Morgan fingerprint density at radius 2 is 1.29 bits per heavy atom. The van der Waals surface area contributed by atoms with Gasteiger partial charge in [-0.1, -0.05) is 121 Å². The molecular formula is C35H31NO4S. The zero-order valence-corrected chi connectivity index (χ0v) is 23.4. The Hall–Kier alpha value is -4.26. The maximum absolute atomic E-state index is 14.1. The lowest BCUT2D eigenvalue weighted by molar-refractivity contribution is -0.151. The highest BCUT2D eigenvalue weighted by Gasteiger charge is 2.45. The van der Waals surface area contributed by atoms with Crippen LogP contribution in [-0.4, -0.2) is 31.3 Å². The summed E-state index contributed by atoms with van der Waals surface area (Å²) in [6.45, 7) is 0.241. The Labute approximate surface area is 241 Å². The minimum absolute atomic E-state index is 0.0305. The average Bonchev–Trinajstić information content (AvgIpc) is 3.46. The predicted octanol–water partition coefficient (Wildman–Crippen LogP) is 6.79. The monoisotopic (exact) mass is 561 g/mol. The van der Waals surface area contributed by atoms with Gasteiger partial charge in [-0.15, -0.1) is 0 Å². The van der Waals surface area contributed by atoms with E-state index in [-0.39, 0.29) is 17.4 Å². The van der Waals surface area contributed by atoms with Crippen molar-refractivity contribution in [1.29, 1.82) is 0 Å². The SMILES string of the molecule is O=C(OC(c1ccccc1)c1ccccc1)[C@@H]1C[C@@H](Cc2ccccc2)CN1S(=O)(=O)c1ccc2ccccc2c1. The molecule has 5 nitrogen and oxygen atoms in total. The van der Waals surface area contributed by atoms with Crippen LogP contribution >= 0.6 is 0 Å². The third-order valence-corrected chi connectivity index (χ3v) is 9.62. The fraction of sp³-hybridized carbons (Fsp3) is 0.171. The highest BCUT2D eigenvalue weighted by atomic mass is 32.2. The molecule has 0 bridgehead atoms. The quantitative estimate of drug-likeness (QED) is 0.196. The van der Waals surface area contributed by atoms with Crippen LogP contribution in [0.25, 0.3) is 10.8 Å². The molecule has 5 aromatic carbocycles. The molecule has 41 heavy (non-hydrogen) atoms. The normalized spacial score (nSPS) is 17.6. The zero-order chi connectivity index (χ0) is 28.2. The highest BCUT2D eigenvalue weighted by Crippen LogP contribution is 2.35. The molecule has 1 aliphatic rings. The number of benzene rings is 5. The van der Waals surface area contributed by atoms with E-state index < -0.39 is 28.1 Å². The minimum Gasteiger partial charge on any atom is -0.451 e. The van der Waals surface area contributed by atoms with E-state index in [0.29, 0.717) is 12.8 Å². The fourth-order valence-corrected chi connectivity index (χ4v) is 7.41. The van der Waals surface area contributed by atoms with Crippen molar-refractivity contribution in [3.05, 3.63) is 150 Å². The van der Waals surface area contributed by atoms with E-state index in [1.165, 1.54) is 4.31 Å². The second kappa shape index (κ2) is 11.7. The van der Waals surface area contributed by atoms with Gasteiger partial charge >= 0.3 is 5.97 Å². The summed E-state index contributed by atoms with van der Waals surface area (Å²) < 4.78 is 35.8. The van der Waals surface area contributed by atoms with Gasteiger partial charge in [-0.05, 0) is 58.4 Å². The van der Waals surface area contributed by atoms with E-state index in [2.05, 4.69) is 0 Å². The van der Waals surface area contributed by atoms with Gasteiger partial charge in [0, 0.05) is 6.54 Å². The minimum atomic E-state index is -3.98. The lowest BCUT2D eigenvalue weighted by Gasteiger charge is -2.26. The van der Waals surface area contributed by atoms with E-state index in [4.69, 9.17) is 4.74 Å². The first-order valence-corrected chi connectivity index (χ1v) is 15.3. The second-order valence-electron chi connectivity index (χ2n) is 10.5. The maximum atomic E-state index is 14.1. The number of carbonyl (C=O) groups excluding carboxylic acids is 1. The number of hydrogen-bond acceptors (Lipinski definition) is 4. The first-order chi connectivity index (χ1) is 20.0. The molecule has 0 radical (unpaired) electrons. The van der Waals surface area contributed by atoms with Crippen molar-refractivity contribution in [2.45, 2.75) is 29.9 Å². The molecule has 1 heterocycles. The van der Waals surface area contributed by atoms with Gasteiger partial charge in [0.1, 0.15) is 6.04 Å². The summed E-state index contributed by atoms with van der Waals surface area (Å²) in [4.78, 5) is 14.2. The molecule has 0 unspecified atom stereocenters. The third kappa shape index (κ3) is 5.80. The Morgan fingerprint density at radius 1 is 0.732 bits per heavy atom. The van der Waals surface area contributed by atoms with Crippen LogP contribution in [0.5, 0.6) is 0 Å². The van der Waals surface area contributed by atoms with Gasteiger partial charge in [-0.2, -0.15) is 4.31 Å². The van der Waals surface area contributed by atoms with Gasteiger partial charge < -0.3 is 4.74 Å². The highest BCUT2D eigenvalue weighted by molar-refractivity contribution is 7.89. The van der Waals surface area contributed by atoms with Crippen LogP contribution in [-0.2, 0) is 26.0 Å². The molecule has 0 N–H and O–H groups in total. The molecule has 0 aromatic heterocycles. The van der Waals surface area contributed by atoms with E-state index in [1.54, 1.807) is 12.1 Å². The first-order valence-electron chi connectivity index (χ1n) is 13.8. The fourth-order valence-electron chi connectivity index (χ4n) is 5.71. The van der Waals surface area contributed by atoms with Crippen LogP contribution < -0.4 is 0 Å². The number of nitrogens with zero attached hydrogens (tertiary/aromatic N) is 1. The van der Waals surface area contributed by atoms with Crippen molar-refractivity contribution in [2.75, 3.05) is 6.54 Å². The molecule has 206 valence electrons. The molecule has 1 aliphatic heterocycles. The lowest BCUT2D eigenvalue weighted by atomic mass is 9.96. The molecule has 6 rings (SSSR count). The summed E-state index contributed by atoms with van der Waals surface area (Å²) in [5.74, 6) is -0.570. The topological polar surface area (TPSA) is 63.7 Å². The summed E-state index contributed by atoms with van der Waals surface area (Å²) in [6, 6.07) is 40.9. The molecule has 0 saturated carbocycles. The smallest absolute Gasteiger partial charge is 0.325 e. The Morgan fingerprint density at radius 3 is 1.93 bits per heavy atom. The number of esters is 1. The molecule has 0 amide bonds. The van der Waals surface area contributed by atoms with Gasteiger partial charge in [0.05, 0.1) is 4.90 Å². The van der Waals surface area contributed by atoms with E-state index in [9.17, 15) is 13.2 Å². The van der Waals surface area contributed by atoms with Gasteiger partial charge in [0.15, 0.2) is 6.10 Å². The van der Waals surface area contributed by atoms with Crippen LogP contribution in [0.15, 0.2) is 138 Å². The van der Waals surface area contributed by atoms with Crippen molar-refractivity contribution in [3.8, 4) is 0 Å². The third-order valence-electron chi connectivity index (χ3n) is 7.75. The van der Waals surface area contributed by atoms with Crippen molar-refractivity contribution in [1.82, 2.24) is 4.31 Å². The molecular weight excluding hydrogens is 530 g/mol. The number of hydrogen-bond donors (Lipinski definition) is 0. The average molecular weight is 562 g/mol. The number of sulfonamides is 1. The molecule has 0 aliphatic carbocycles. The number of ether oxygens (including phenoxy) is 1. The Bertz CT molecular complexity index is 1700. The summed E-state index contributed by atoms with van der Waals surface area (Å²) in [5.41, 5.74) is 2.77. The van der Waals surface area contributed by atoms with Crippen LogP contribution in [0.4, 0.5) is 0 Å². The summed E-state index contributed by atoms with van der Waals surface area (Å²) in [5, 5.41) is 1.79. The zero-order valence-electron chi connectivity index (χ0n) is 22.5. The predicted molar refractivity (Wildman–Crippen MR) is 161 cm³/mol. The van der Waals surface area contributed by atoms with Gasteiger partial charge in [0.2, 0.25) is 10.0 Å². The second-order valence-corrected chi connectivity index (χ2v) is 12.4. The molecule has 5 aromatic rings. The lowest BCUT2D eigenvalue weighted by Crippen LogP contribution is -2.41. The molecule has 0 spiro atoms. The van der Waals surface area contributed by atoms with Crippen LogP contribution in [0, 0.1) is 5.92 Å². The van der Waals surface area contributed by atoms with Crippen molar-refractivity contribution in [3.63, 3.8) is 0 Å². The van der Waals surface area contributed by atoms with Gasteiger partial charge in [-0.3, -0.25) is 4.79 Å². The Kier molecular flexibility index (Phi) is 7.68. The van der Waals surface area contributed by atoms with Gasteiger partial charge in [-0.25, -0.2) is 8.42 Å². The van der Waals surface area contributed by atoms with Crippen molar-refractivity contribution in [2.24, 2.45) is 5.92 Å². The number of rotatable bonds is 8. The van der Waals surface area contributed by atoms with Crippen LogP contribution in [0.1, 0.15) is 29.2 Å². The van der Waals surface area contributed by atoms with Crippen LogP contribution in [0.3, 0.4) is 0 Å². The molecule has 6 heteroatoms. The molecule has 1 fully saturated rings. The number of carbonyl (C=O) groups is 1. The summed E-state index contributed by atoms with van der Waals surface area (Å²) in [6.07, 6.45) is 0.412. The summed E-state index contributed by atoms with van der Waals surface area (Å²) in [7, 11) is -3.98. The van der Waals surface area contributed by atoms with E-state index in [1.807, 2.05) is 121 Å². The van der Waals surface area contributed by atoms with Gasteiger partial charge in [0.25, 0.3) is 0 Å². The van der Waals surface area contributed by atoms with E-state index >= 15 is 0 Å². The van der Waals surface area contributed by atoms with Crippen molar-refractivity contribution < 1.29 is 17.9 Å². The van der Waals surface area contributed by atoms with Crippen LogP contribution in [0.2, 0.25) is 0 Å². The number of fused-ring (bicyclic) bond motifs is 1. The standard InChI is InChI=1S/C35H31NO4S/c37-35(40-34(29-15-6-2-7-16-29)30-17-8-3-9-18-30)33-23-27(22-26-12-4-1-5-13-26)25-36(33)41(38,39)32-21-20-28-14-10-11-19-31(28)24-32/h1-21,24,27,33-34H,22-23,25H2/t27-,33+/m1/s1. The first kappa shape index (κ1) is 26.9.